The van der Waals surface area contributed by atoms with Crippen molar-refractivity contribution >= 4 is 17.3 Å². The first-order chi connectivity index (χ1) is 21.4. The molecule has 5 aliphatic rings. The van der Waals surface area contributed by atoms with E-state index in [1.165, 1.54) is 12.2 Å². The van der Waals surface area contributed by atoms with Gasteiger partial charge in [-0.15, -0.1) is 0 Å². The van der Waals surface area contributed by atoms with Crippen molar-refractivity contribution in [3.05, 3.63) is 89.0 Å². The number of halogens is 2. The van der Waals surface area contributed by atoms with Gasteiger partial charge in [0.15, 0.2) is 29.1 Å². The number of hydrogen-bond acceptors (Lipinski definition) is 7. The molecule has 9 heteroatoms. The van der Waals surface area contributed by atoms with Gasteiger partial charge in [0.25, 0.3) is 0 Å². The van der Waals surface area contributed by atoms with Crippen LogP contribution in [0.1, 0.15) is 63.5 Å². The van der Waals surface area contributed by atoms with E-state index < -0.39 is 76.8 Å². The molecule has 1 saturated heterocycles. The summed E-state index contributed by atoms with van der Waals surface area (Å²) in [6, 6.07) is 15.9. The number of nitrogens with one attached hydrogen (secondary N) is 1. The molecule has 1 heterocycles. The van der Waals surface area contributed by atoms with E-state index in [-0.39, 0.29) is 32.3 Å². The summed E-state index contributed by atoms with van der Waals surface area (Å²) >= 11 is 0. The van der Waals surface area contributed by atoms with Gasteiger partial charge in [-0.1, -0.05) is 56.8 Å². The van der Waals surface area contributed by atoms with Crippen LogP contribution in [0.2, 0.25) is 0 Å². The van der Waals surface area contributed by atoms with Crippen LogP contribution in [0.3, 0.4) is 0 Å². The van der Waals surface area contributed by atoms with Gasteiger partial charge in [0.2, 0.25) is 0 Å². The summed E-state index contributed by atoms with van der Waals surface area (Å²) in [4.78, 5) is 25.9. The molecule has 0 unspecified atom stereocenters. The first kappa shape index (κ1) is 32.7. The predicted molar refractivity (Wildman–Crippen MR) is 170 cm³/mol. The van der Waals surface area contributed by atoms with E-state index in [0.717, 1.165) is 29.3 Å². The fourth-order valence-corrected chi connectivity index (χ4v) is 9.53. The van der Waals surface area contributed by atoms with Gasteiger partial charge in [-0.25, -0.2) is 8.78 Å². The van der Waals surface area contributed by atoms with Gasteiger partial charge in [-0.05, 0) is 79.5 Å². The standard InChI is InChI=1S/C36H39F2NO6.CH4/c1-33-13-12-24(41)15-27(33)28(37)16-26-25-17-31-36(30(43)19-40,34(25,2)18-29(42)35(26,33)38)45-32(44-31)22-8-4-20(5-9-22)14-21-6-10-23(39-3)11-7-21;/h4-13,15,25-26,28-29,31-32,39-40,42H,14,16-19H2,1-3H3;1H4/t25-,26-,28-,29-,31+,32-,33-,34-,35-,36+;/m0./s1. The second-order valence-corrected chi connectivity index (χ2v) is 13.9. The topological polar surface area (TPSA) is 105 Å². The molecule has 0 radical (unpaired) electrons. The number of anilines is 1. The monoisotopic (exact) mass is 635 g/mol. The highest BCUT2D eigenvalue weighted by Gasteiger charge is 2.80. The summed E-state index contributed by atoms with van der Waals surface area (Å²) in [5, 5.41) is 25.0. The lowest BCUT2D eigenvalue weighted by atomic mass is 9.44. The second kappa shape index (κ2) is 11.2. The Labute approximate surface area is 268 Å². The molecule has 2 aromatic carbocycles. The zero-order valence-corrected chi connectivity index (χ0v) is 25.6. The minimum atomic E-state index is -2.28. The third-order valence-corrected chi connectivity index (χ3v) is 11.8. The molecule has 2 aromatic rings. The Morgan fingerprint density at radius 1 is 1.04 bits per heavy atom. The smallest absolute Gasteiger partial charge is 0.193 e. The number of Topliss-reactive ketones (excluding diaryl/α,β-unsaturated/α-hetero) is 1. The molecule has 4 aliphatic carbocycles. The van der Waals surface area contributed by atoms with Crippen molar-refractivity contribution in [2.45, 2.75) is 82.9 Å². The number of aliphatic hydroxyl groups is 2. The lowest BCUT2D eigenvalue weighted by Crippen LogP contribution is -2.70. The second-order valence-electron chi connectivity index (χ2n) is 13.9. The average Bonchev–Trinajstić information content (AvgIpc) is 3.53. The molecule has 0 amide bonds. The van der Waals surface area contributed by atoms with Crippen LogP contribution in [0.25, 0.3) is 0 Å². The molecule has 3 saturated carbocycles. The average molecular weight is 636 g/mol. The van der Waals surface area contributed by atoms with Crippen LogP contribution >= 0.6 is 0 Å². The van der Waals surface area contributed by atoms with E-state index >= 15 is 8.78 Å². The van der Waals surface area contributed by atoms with Crippen molar-refractivity contribution < 1.29 is 38.1 Å². The number of ether oxygens (including phenoxy) is 2. The quantitative estimate of drug-likeness (QED) is 0.380. The minimum Gasteiger partial charge on any atom is -0.390 e. The van der Waals surface area contributed by atoms with Crippen molar-refractivity contribution in [3.8, 4) is 0 Å². The molecule has 1 aliphatic heterocycles. The van der Waals surface area contributed by atoms with Gasteiger partial charge in [-0.3, -0.25) is 9.59 Å². The van der Waals surface area contributed by atoms with Gasteiger partial charge < -0.3 is 25.0 Å². The largest absolute Gasteiger partial charge is 0.390 e. The number of carbonyl (C=O) groups is 2. The number of benzene rings is 2. The number of alkyl halides is 2. The van der Waals surface area contributed by atoms with E-state index in [2.05, 4.69) is 17.4 Å². The summed E-state index contributed by atoms with van der Waals surface area (Å²) < 4.78 is 46.4. The van der Waals surface area contributed by atoms with E-state index in [1.54, 1.807) is 13.8 Å². The van der Waals surface area contributed by atoms with Crippen molar-refractivity contribution in [1.82, 2.24) is 0 Å². The van der Waals surface area contributed by atoms with Gasteiger partial charge in [0, 0.05) is 35.0 Å². The van der Waals surface area contributed by atoms with Gasteiger partial charge >= 0.3 is 0 Å². The minimum absolute atomic E-state index is 0. The maximum atomic E-state index is 17.6. The Balaban J connectivity index is 0.00000372. The molecule has 7 nitrogen and oxygen atoms in total. The fraction of sp³-hybridized carbons (Fsp3) is 0.514. The number of aliphatic hydroxyl groups excluding tert-OH is 2. The third-order valence-electron chi connectivity index (χ3n) is 11.8. The Kier molecular flexibility index (Phi) is 7.95. The van der Waals surface area contributed by atoms with Crippen LogP contribution in [-0.2, 0) is 25.5 Å². The van der Waals surface area contributed by atoms with Crippen molar-refractivity contribution in [2.75, 3.05) is 19.0 Å². The molecule has 3 N–H and O–H groups in total. The molecule has 7 rings (SSSR count). The molecule has 0 bridgehead atoms. The normalized spacial score (nSPS) is 40.6. The van der Waals surface area contributed by atoms with Crippen molar-refractivity contribution in [2.24, 2.45) is 22.7 Å². The third kappa shape index (κ3) is 4.28. The van der Waals surface area contributed by atoms with Crippen LogP contribution in [0, 0.1) is 22.7 Å². The zero-order valence-electron chi connectivity index (χ0n) is 25.6. The molecular weight excluding hydrogens is 592 g/mol. The number of carbonyl (C=O) groups excluding carboxylic acids is 2. The highest BCUT2D eigenvalue weighted by atomic mass is 19.1. The molecule has 10 atom stereocenters. The van der Waals surface area contributed by atoms with Gasteiger partial charge in [-0.2, -0.15) is 0 Å². The fourth-order valence-electron chi connectivity index (χ4n) is 9.53. The summed E-state index contributed by atoms with van der Waals surface area (Å²) in [5.41, 5.74) is -2.62. The Morgan fingerprint density at radius 2 is 1.70 bits per heavy atom. The van der Waals surface area contributed by atoms with Crippen LogP contribution in [-0.4, -0.2) is 65.1 Å². The van der Waals surface area contributed by atoms with Crippen molar-refractivity contribution in [1.29, 1.82) is 0 Å². The molecule has 0 spiro atoms. The maximum Gasteiger partial charge on any atom is 0.193 e. The SMILES string of the molecule is C.CNc1ccc(Cc2ccc([C@H]3O[C@@H]4C[C@H]5[C@@H]6C[C@H](F)C7=CC(=O)C=C[C@]7(C)[C@@]6(F)[C@@H](O)C[C@]5(C)[C@]4(C(=O)CO)O3)cc2)cc1. The van der Waals surface area contributed by atoms with Gasteiger partial charge in [0.05, 0.1) is 12.2 Å². The number of ketones is 2. The number of allylic oxidation sites excluding steroid dienone is 4. The summed E-state index contributed by atoms with van der Waals surface area (Å²) in [6.07, 6.45) is -0.607. The Morgan fingerprint density at radius 3 is 2.33 bits per heavy atom. The lowest BCUT2D eigenvalue weighted by Gasteiger charge is -2.63. The van der Waals surface area contributed by atoms with E-state index in [9.17, 15) is 19.8 Å². The maximum absolute atomic E-state index is 17.6. The van der Waals surface area contributed by atoms with Crippen LogP contribution in [0.4, 0.5) is 14.5 Å². The molecule has 0 aromatic heterocycles. The molecule has 4 fully saturated rings. The number of hydrogen-bond donors (Lipinski definition) is 3. The summed E-state index contributed by atoms with van der Waals surface area (Å²) in [5.74, 6) is -2.58. The van der Waals surface area contributed by atoms with E-state index in [4.69, 9.17) is 9.47 Å². The van der Waals surface area contributed by atoms with Gasteiger partial charge in [0.1, 0.15) is 12.8 Å². The predicted octanol–water partition coefficient (Wildman–Crippen LogP) is 5.60. The first-order valence-corrected chi connectivity index (χ1v) is 15.7. The molecule has 246 valence electrons. The highest BCUT2D eigenvalue weighted by Crippen LogP contribution is 2.72. The summed E-state index contributed by atoms with van der Waals surface area (Å²) in [6.45, 7) is 2.51. The number of rotatable bonds is 6. The van der Waals surface area contributed by atoms with Crippen molar-refractivity contribution in [3.63, 3.8) is 0 Å². The molecular formula is C37H43F2NO6. The van der Waals surface area contributed by atoms with Crippen LogP contribution in [0.15, 0.2) is 72.3 Å². The number of fused-ring (bicyclic) bond motifs is 7. The van der Waals surface area contributed by atoms with Crippen LogP contribution in [0.5, 0.6) is 0 Å². The summed E-state index contributed by atoms with van der Waals surface area (Å²) in [7, 11) is 1.87. The lowest BCUT2D eigenvalue weighted by molar-refractivity contribution is -0.235. The first-order valence-electron chi connectivity index (χ1n) is 15.7. The Bertz CT molecular complexity index is 1590. The zero-order chi connectivity index (χ0) is 31.9. The molecule has 46 heavy (non-hydrogen) atoms. The Hall–Kier alpha value is -3.24. The van der Waals surface area contributed by atoms with E-state index in [0.29, 0.717) is 5.56 Å². The highest BCUT2D eigenvalue weighted by molar-refractivity contribution is 6.01. The van der Waals surface area contributed by atoms with E-state index in [1.807, 2.05) is 43.4 Å². The van der Waals surface area contributed by atoms with Crippen LogP contribution < -0.4 is 5.32 Å².